The molecule has 1 aliphatic carbocycles. The number of nitrogens with zero attached hydrogens (tertiary/aromatic N) is 4. The topological polar surface area (TPSA) is 71.0 Å². The van der Waals surface area contributed by atoms with Gasteiger partial charge in [0.05, 0.1) is 10.6 Å². The van der Waals surface area contributed by atoms with Gasteiger partial charge in [0.25, 0.3) is 5.91 Å². The molecule has 158 valence electrons. The number of halogens is 1. The molecule has 0 radical (unpaired) electrons. The minimum Gasteiger partial charge on any atom is -0.368 e. The van der Waals surface area contributed by atoms with Crippen LogP contribution in [0.3, 0.4) is 0 Å². The molecular formula is C24H24ClN5O. The summed E-state index contributed by atoms with van der Waals surface area (Å²) in [5, 5.41) is 3.99. The van der Waals surface area contributed by atoms with Crippen molar-refractivity contribution in [2.45, 2.75) is 38.3 Å². The Morgan fingerprint density at radius 3 is 2.77 bits per heavy atom. The number of hydrogen-bond acceptors (Lipinski definition) is 5. The van der Waals surface area contributed by atoms with Crippen LogP contribution in [0.2, 0.25) is 5.02 Å². The highest BCUT2D eigenvalue weighted by Gasteiger charge is 2.50. The van der Waals surface area contributed by atoms with Crippen molar-refractivity contribution >= 4 is 23.3 Å². The van der Waals surface area contributed by atoms with E-state index in [4.69, 9.17) is 11.6 Å². The highest BCUT2D eigenvalue weighted by atomic mass is 35.5. The summed E-state index contributed by atoms with van der Waals surface area (Å²) in [6.45, 7) is 2.67. The number of nitrogens with one attached hydrogen (secondary N) is 1. The fraction of sp³-hybridized carbons (Fsp3) is 0.333. The van der Waals surface area contributed by atoms with Gasteiger partial charge in [-0.25, -0.2) is 15.0 Å². The Morgan fingerprint density at radius 1 is 1.16 bits per heavy atom. The van der Waals surface area contributed by atoms with Gasteiger partial charge in [0.15, 0.2) is 5.82 Å². The molecule has 1 unspecified atom stereocenters. The molecule has 1 aliphatic heterocycles. The number of anilines is 1. The van der Waals surface area contributed by atoms with Crippen molar-refractivity contribution in [2.24, 2.45) is 5.92 Å². The number of pyridine rings is 1. The lowest BCUT2D eigenvalue weighted by molar-refractivity contribution is 0.0604. The van der Waals surface area contributed by atoms with Gasteiger partial charge >= 0.3 is 0 Å². The van der Waals surface area contributed by atoms with E-state index in [0.717, 1.165) is 36.2 Å². The van der Waals surface area contributed by atoms with Gasteiger partial charge in [0, 0.05) is 42.8 Å². The van der Waals surface area contributed by atoms with Crippen LogP contribution >= 0.6 is 11.6 Å². The average molecular weight is 434 g/mol. The molecule has 1 amide bonds. The second-order valence-corrected chi connectivity index (χ2v) is 8.81. The second-order valence-electron chi connectivity index (χ2n) is 8.37. The maximum atomic E-state index is 13.9. The van der Waals surface area contributed by atoms with Crippen LogP contribution < -0.4 is 5.32 Å². The molecule has 0 bridgehead atoms. The van der Waals surface area contributed by atoms with Crippen molar-refractivity contribution in [3.05, 3.63) is 71.1 Å². The lowest BCUT2D eigenvalue weighted by Gasteiger charge is -2.36. The van der Waals surface area contributed by atoms with Crippen molar-refractivity contribution in [2.75, 3.05) is 11.9 Å². The van der Waals surface area contributed by atoms with Crippen LogP contribution in [0.15, 0.2) is 55.0 Å². The standard InChI is InChI=1S/C24H24ClN5O/c1-15-3-7-19(23-26-9-2-10-27-23)20(11-15)24(31)30-18(6-4-16-12-21(16)30)14-29-22-8-5-17(25)13-28-22/h2-3,5,7-11,13,16,18,21H,4,6,12,14H2,1H3,(H,28,29)/t16-,18+,21?/m1/s1. The van der Waals surface area contributed by atoms with Crippen molar-refractivity contribution < 1.29 is 4.79 Å². The van der Waals surface area contributed by atoms with E-state index in [2.05, 4.69) is 25.2 Å². The van der Waals surface area contributed by atoms with E-state index < -0.39 is 0 Å². The van der Waals surface area contributed by atoms with Crippen molar-refractivity contribution in [3.8, 4) is 11.4 Å². The third kappa shape index (κ3) is 4.12. The maximum absolute atomic E-state index is 13.9. The zero-order valence-electron chi connectivity index (χ0n) is 17.3. The van der Waals surface area contributed by atoms with Crippen LogP contribution in [0, 0.1) is 12.8 Å². The third-order valence-corrected chi connectivity index (χ3v) is 6.42. The van der Waals surface area contributed by atoms with Gasteiger partial charge in [0.1, 0.15) is 5.82 Å². The Labute approximate surface area is 186 Å². The minimum atomic E-state index is 0.0641. The number of fused-ring (bicyclic) bond motifs is 1. The van der Waals surface area contributed by atoms with E-state index in [9.17, 15) is 4.79 Å². The Bertz CT molecular complexity index is 1090. The van der Waals surface area contributed by atoms with E-state index in [1.54, 1.807) is 24.7 Å². The van der Waals surface area contributed by atoms with E-state index in [1.807, 2.05) is 37.3 Å². The van der Waals surface area contributed by atoms with Gasteiger partial charge in [0.2, 0.25) is 0 Å². The summed E-state index contributed by atoms with van der Waals surface area (Å²) in [4.78, 5) is 29.0. The first kappa shape index (κ1) is 19.9. The first-order valence-corrected chi connectivity index (χ1v) is 11.0. The summed E-state index contributed by atoms with van der Waals surface area (Å²) in [7, 11) is 0. The predicted molar refractivity (Wildman–Crippen MR) is 121 cm³/mol. The Hall–Kier alpha value is -2.99. The van der Waals surface area contributed by atoms with Gasteiger partial charge < -0.3 is 10.2 Å². The fourth-order valence-corrected chi connectivity index (χ4v) is 4.64. The van der Waals surface area contributed by atoms with Gasteiger partial charge in [-0.15, -0.1) is 0 Å². The summed E-state index contributed by atoms with van der Waals surface area (Å²) in [5.41, 5.74) is 2.51. The third-order valence-electron chi connectivity index (χ3n) is 6.20. The quantitative estimate of drug-likeness (QED) is 0.636. The van der Waals surface area contributed by atoms with Crippen LogP contribution in [-0.4, -0.2) is 44.4 Å². The molecular weight excluding hydrogens is 410 g/mol. The molecule has 7 heteroatoms. The summed E-state index contributed by atoms with van der Waals surface area (Å²) in [6, 6.07) is 11.8. The number of carbonyl (C=O) groups excluding carboxylic acids is 1. The van der Waals surface area contributed by atoms with Crippen molar-refractivity contribution in [3.63, 3.8) is 0 Å². The van der Waals surface area contributed by atoms with E-state index in [0.29, 0.717) is 34.9 Å². The summed E-state index contributed by atoms with van der Waals surface area (Å²) >= 11 is 5.94. The number of hydrogen-bond donors (Lipinski definition) is 1. The highest BCUT2D eigenvalue weighted by molar-refractivity contribution is 6.30. The van der Waals surface area contributed by atoms with Gasteiger partial charge in [-0.05, 0) is 56.4 Å². The van der Waals surface area contributed by atoms with Crippen LogP contribution in [0.4, 0.5) is 5.82 Å². The normalized spacial score (nSPS) is 22.0. The largest absolute Gasteiger partial charge is 0.368 e. The minimum absolute atomic E-state index is 0.0641. The molecule has 5 rings (SSSR count). The lowest BCUT2D eigenvalue weighted by atomic mass is 9.97. The van der Waals surface area contributed by atoms with Crippen LogP contribution in [0.1, 0.15) is 35.2 Å². The average Bonchev–Trinajstić information content (AvgIpc) is 3.58. The molecule has 2 aromatic heterocycles. The predicted octanol–water partition coefficient (Wildman–Crippen LogP) is 4.61. The molecule has 3 atom stereocenters. The smallest absolute Gasteiger partial charge is 0.255 e. The zero-order valence-corrected chi connectivity index (χ0v) is 18.1. The second kappa shape index (κ2) is 8.27. The summed E-state index contributed by atoms with van der Waals surface area (Å²) < 4.78 is 0. The van der Waals surface area contributed by atoms with Crippen LogP contribution in [0.25, 0.3) is 11.4 Å². The number of likely N-dealkylation sites (tertiary alicyclic amines) is 1. The van der Waals surface area contributed by atoms with Crippen LogP contribution in [-0.2, 0) is 0 Å². The Kier molecular flexibility index (Phi) is 5.32. The molecule has 2 aliphatic rings. The highest BCUT2D eigenvalue weighted by Crippen LogP contribution is 2.46. The summed E-state index contributed by atoms with van der Waals surface area (Å²) in [6.07, 6.45) is 8.28. The molecule has 1 aromatic carbocycles. The SMILES string of the molecule is Cc1ccc(-c2ncccn2)c(C(=O)N2C3C[C@H]3CC[C@H]2CNc2ccc(Cl)cn2)c1. The number of amides is 1. The molecule has 3 heterocycles. The molecule has 2 fully saturated rings. The number of rotatable bonds is 5. The van der Waals surface area contributed by atoms with Gasteiger partial charge in [-0.1, -0.05) is 29.3 Å². The number of aromatic nitrogens is 3. The van der Waals surface area contributed by atoms with Crippen molar-refractivity contribution in [1.82, 2.24) is 19.9 Å². The number of carbonyl (C=O) groups is 1. The number of piperidine rings is 1. The number of aryl methyl sites for hydroxylation is 1. The van der Waals surface area contributed by atoms with Gasteiger partial charge in [-0.3, -0.25) is 4.79 Å². The maximum Gasteiger partial charge on any atom is 0.255 e. The van der Waals surface area contributed by atoms with E-state index in [-0.39, 0.29) is 11.9 Å². The monoisotopic (exact) mass is 433 g/mol. The van der Waals surface area contributed by atoms with Crippen molar-refractivity contribution in [1.29, 1.82) is 0 Å². The molecule has 1 saturated heterocycles. The van der Waals surface area contributed by atoms with Crippen LogP contribution in [0.5, 0.6) is 0 Å². The zero-order chi connectivity index (χ0) is 21.4. The molecule has 0 spiro atoms. The Balaban J connectivity index is 1.43. The first-order valence-electron chi connectivity index (χ1n) is 10.7. The molecule has 1 N–H and O–H groups in total. The van der Waals surface area contributed by atoms with E-state index >= 15 is 0 Å². The van der Waals surface area contributed by atoms with E-state index in [1.165, 1.54) is 0 Å². The Morgan fingerprint density at radius 2 is 2.00 bits per heavy atom. The first-order chi connectivity index (χ1) is 15.1. The van der Waals surface area contributed by atoms with Gasteiger partial charge in [-0.2, -0.15) is 0 Å². The molecule has 6 nitrogen and oxygen atoms in total. The summed E-state index contributed by atoms with van der Waals surface area (Å²) in [5.74, 6) is 2.03. The molecule has 3 aromatic rings. The lowest BCUT2D eigenvalue weighted by Crippen LogP contribution is -2.48. The molecule has 31 heavy (non-hydrogen) atoms. The fourth-order valence-electron chi connectivity index (χ4n) is 4.53. The number of benzene rings is 1. The molecule has 1 saturated carbocycles.